The van der Waals surface area contributed by atoms with Gasteiger partial charge in [-0.05, 0) is 43.4 Å². The molecule has 0 atom stereocenters. The lowest BCUT2D eigenvalue weighted by molar-refractivity contribution is 0.597. The Morgan fingerprint density at radius 3 is 2.12 bits per heavy atom. The van der Waals surface area contributed by atoms with Crippen LogP contribution >= 0.6 is 15.9 Å². The summed E-state index contributed by atoms with van der Waals surface area (Å²) in [5.41, 5.74) is 1.46. The molecular formula is C16H23Br. The highest BCUT2D eigenvalue weighted by atomic mass is 79.9. The van der Waals surface area contributed by atoms with Crippen LogP contribution in [-0.4, -0.2) is 0 Å². The second-order valence-electron chi connectivity index (χ2n) is 4.58. The van der Waals surface area contributed by atoms with Crippen LogP contribution in [0.3, 0.4) is 0 Å². The molecule has 1 rings (SSSR count). The minimum absolute atomic E-state index is 1.17. The van der Waals surface area contributed by atoms with E-state index in [1.165, 1.54) is 61.4 Å². The first-order valence-corrected chi connectivity index (χ1v) is 7.47. The molecule has 0 aliphatic carbocycles. The molecule has 0 aliphatic heterocycles. The van der Waals surface area contributed by atoms with Gasteiger partial charge in [-0.3, -0.25) is 0 Å². The van der Waals surface area contributed by atoms with Crippen molar-refractivity contribution in [3.63, 3.8) is 0 Å². The summed E-state index contributed by atoms with van der Waals surface area (Å²) in [6.07, 6.45) is 12.6. The van der Waals surface area contributed by atoms with Crippen molar-refractivity contribution in [2.75, 3.05) is 0 Å². The Hall–Kier alpha value is -0.560. The highest BCUT2D eigenvalue weighted by Crippen LogP contribution is 2.14. The van der Waals surface area contributed by atoms with Gasteiger partial charge in [-0.25, -0.2) is 0 Å². The summed E-state index contributed by atoms with van der Waals surface area (Å²) in [7, 11) is 0. The Morgan fingerprint density at radius 2 is 1.47 bits per heavy atom. The van der Waals surface area contributed by atoms with Gasteiger partial charge in [0.25, 0.3) is 0 Å². The maximum atomic E-state index is 3.74. The number of allylic oxidation sites excluding steroid dienone is 1. The minimum atomic E-state index is 1.17. The fraction of sp³-hybridized carbons (Fsp3) is 0.500. The molecule has 0 unspecified atom stereocenters. The van der Waals surface area contributed by atoms with Gasteiger partial charge in [0, 0.05) is 4.47 Å². The molecule has 1 aromatic rings. The van der Waals surface area contributed by atoms with Crippen LogP contribution in [0.2, 0.25) is 0 Å². The quantitative estimate of drug-likeness (QED) is 0.392. The number of rotatable bonds is 9. The third-order valence-corrected chi connectivity index (χ3v) is 3.57. The van der Waals surface area contributed by atoms with Crippen LogP contribution in [0, 0.1) is 0 Å². The first-order valence-electron chi connectivity index (χ1n) is 6.68. The zero-order valence-electron chi connectivity index (χ0n) is 10.6. The lowest BCUT2D eigenvalue weighted by Gasteiger charge is -2.02. The van der Waals surface area contributed by atoms with Crippen molar-refractivity contribution in [1.82, 2.24) is 0 Å². The fourth-order valence-electron chi connectivity index (χ4n) is 1.98. The molecule has 0 radical (unpaired) electrons. The van der Waals surface area contributed by atoms with Gasteiger partial charge in [0.2, 0.25) is 0 Å². The molecule has 0 fully saturated rings. The number of aryl methyl sites for hydroxylation is 1. The number of hydrogen-bond acceptors (Lipinski definition) is 0. The van der Waals surface area contributed by atoms with E-state index >= 15 is 0 Å². The highest BCUT2D eigenvalue weighted by molar-refractivity contribution is 9.10. The zero-order valence-corrected chi connectivity index (χ0v) is 12.2. The van der Waals surface area contributed by atoms with E-state index in [9.17, 15) is 0 Å². The van der Waals surface area contributed by atoms with E-state index in [1.807, 2.05) is 6.08 Å². The molecule has 0 saturated heterocycles. The third kappa shape index (κ3) is 7.38. The highest BCUT2D eigenvalue weighted by Gasteiger charge is 1.94. The van der Waals surface area contributed by atoms with Crippen LogP contribution in [0.5, 0.6) is 0 Å². The lowest BCUT2D eigenvalue weighted by atomic mass is 10.0. The van der Waals surface area contributed by atoms with Gasteiger partial charge in [0.05, 0.1) is 0 Å². The predicted octanol–water partition coefficient (Wildman–Crippen LogP) is 5.91. The van der Waals surface area contributed by atoms with E-state index < -0.39 is 0 Å². The van der Waals surface area contributed by atoms with Gasteiger partial charge < -0.3 is 0 Å². The van der Waals surface area contributed by atoms with Crippen LogP contribution in [0.4, 0.5) is 0 Å². The molecule has 1 heteroatoms. The molecule has 94 valence electrons. The van der Waals surface area contributed by atoms with Crippen LogP contribution in [-0.2, 0) is 6.42 Å². The van der Waals surface area contributed by atoms with Gasteiger partial charge >= 0.3 is 0 Å². The smallest absolute Gasteiger partial charge is 0.0175 e. The summed E-state index contributed by atoms with van der Waals surface area (Å²) < 4.78 is 1.17. The summed E-state index contributed by atoms with van der Waals surface area (Å²) in [4.78, 5) is 0. The first kappa shape index (κ1) is 14.5. The van der Waals surface area contributed by atoms with Crippen LogP contribution in [0.25, 0.3) is 0 Å². The molecule has 0 nitrogen and oxygen atoms in total. The van der Waals surface area contributed by atoms with Gasteiger partial charge in [-0.1, -0.05) is 59.8 Å². The maximum Gasteiger partial charge on any atom is 0.0175 e. The van der Waals surface area contributed by atoms with Crippen LogP contribution in [0.15, 0.2) is 41.4 Å². The van der Waals surface area contributed by atoms with Crippen molar-refractivity contribution < 1.29 is 0 Å². The summed E-state index contributed by atoms with van der Waals surface area (Å²) in [6, 6.07) is 8.69. The van der Waals surface area contributed by atoms with Crippen molar-refractivity contribution in [3.05, 3.63) is 47.0 Å². The summed E-state index contributed by atoms with van der Waals surface area (Å²) >= 11 is 3.46. The normalized spacial score (nSPS) is 10.4. The maximum absolute atomic E-state index is 3.74. The van der Waals surface area contributed by atoms with E-state index in [4.69, 9.17) is 0 Å². The molecule has 0 amide bonds. The van der Waals surface area contributed by atoms with E-state index in [0.29, 0.717) is 0 Å². The van der Waals surface area contributed by atoms with E-state index in [2.05, 4.69) is 46.8 Å². The molecule has 17 heavy (non-hydrogen) atoms. The van der Waals surface area contributed by atoms with Gasteiger partial charge in [-0.15, -0.1) is 6.58 Å². The third-order valence-electron chi connectivity index (χ3n) is 3.04. The van der Waals surface area contributed by atoms with Gasteiger partial charge in [-0.2, -0.15) is 0 Å². The van der Waals surface area contributed by atoms with Crippen molar-refractivity contribution in [2.24, 2.45) is 0 Å². The summed E-state index contributed by atoms with van der Waals surface area (Å²) in [6.45, 7) is 3.74. The Balaban J connectivity index is 1.97. The van der Waals surface area contributed by atoms with Gasteiger partial charge in [0.15, 0.2) is 0 Å². The number of unbranched alkanes of at least 4 members (excludes halogenated alkanes) is 6. The summed E-state index contributed by atoms with van der Waals surface area (Å²) in [5.74, 6) is 0. The Morgan fingerprint density at radius 1 is 0.882 bits per heavy atom. The molecule has 0 bridgehead atoms. The van der Waals surface area contributed by atoms with Crippen LogP contribution < -0.4 is 0 Å². The SMILES string of the molecule is C=CCCCCCCCCc1ccc(Br)cc1. The molecule has 1 aromatic carbocycles. The Bertz CT molecular complexity index is 300. The average Bonchev–Trinajstić information content (AvgIpc) is 2.35. The number of hydrogen-bond donors (Lipinski definition) is 0. The molecule has 0 heterocycles. The zero-order chi connectivity index (χ0) is 12.3. The standard InChI is InChI=1S/C16H23Br/c1-2-3-4-5-6-7-8-9-10-15-11-13-16(17)14-12-15/h2,11-14H,1,3-10H2. The van der Waals surface area contributed by atoms with E-state index in [-0.39, 0.29) is 0 Å². The van der Waals surface area contributed by atoms with Crippen molar-refractivity contribution in [2.45, 2.75) is 51.4 Å². The fourth-order valence-corrected chi connectivity index (χ4v) is 2.24. The van der Waals surface area contributed by atoms with Crippen molar-refractivity contribution >= 4 is 15.9 Å². The Labute approximate surface area is 114 Å². The van der Waals surface area contributed by atoms with Crippen LogP contribution in [0.1, 0.15) is 50.5 Å². The molecule has 0 aliphatic rings. The molecule has 0 aromatic heterocycles. The predicted molar refractivity (Wildman–Crippen MR) is 80.4 cm³/mol. The number of halogens is 1. The topological polar surface area (TPSA) is 0 Å². The van der Waals surface area contributed by atoms with E-state index in [0.717, 1.165) is 0 Å². The average molecular weight is 295 g/mol. The lowest BCUT2D eigenvalue weighted by Crippen LogP contribution is -1.86. The first-order chi connectivity index (χ1) is 8.33. The summed E-state index contributed by atoms with van der Waals surface area (Å²) in [5, 5.41) is 0. The second kappa shape index (κ2) is 9.47. The minimum Gasteiger partial charge on any atom is -0.103 e. The second-order valence-corrected chi connectivity index (χ2v) is 5.49. The molecule has 0 saturated carbocycles. The van der Waals surface area contributed by atoms with E-state index in [1.54, 1.807) is 0 Å². The van der Waals surface area contributed by atoms with Crippen molar-refractivity contribution in [3.8, 4) is 0 Å². The van der Waals surface area contributed by atoms with Gasteiger partial charge in [0.1, 0.15) is 0 Å². The van der Waals surface area contributed by atoms with Crippen molar-refractivity contribution in [1.29, 1.82) is 0 Å². The molecule has 0 spiro atoms. The molecule has 0 N–H and O–H groups in total. The Kier molecular flexibility index (Phi) is 8.08. The molecular weight excluding hydrogens is 272 g/mol. The number of benzene rings is 1. The monoisotopic (exact) mass is 294 g/mol. The largest absolute Gasteiger partial charge is 0.103 e.